The van der Waals surface area contributed by atoms with Gasteiger partial charge in [0, 0.05) is 25.4 Å². The van der Waals surface area contributed by atoms with Crippen LogP contribution in [0.1, 0.15) is 43.2 Å². The standard InChI is InChI=1S/C24H29NO4/c1-3-29-24(27)20-13-15-25(16-14-20)23(26)17-22(18-7-5-4-6-8-18)19-9-11-21(28-2)12-10-19/h4-12,20,22H,3,13-17H2,1-2H3. The van der Waals surface area contributed by atoms with Crippen LogP contribution in [0.2, 0.25) is 0 Å². The van der Waals surface area contributed by atoms with Crippen LogP contribution in [-0.4, -0.2) is 43.6 Å². The highest BCUT2D eigenvalue weighted by atomic mass is 16.5. The van der Waals surface area contributed by atoms with Gasteiger partial charge in [0.1, 0.15) is 5.75 Å². The molecule has 0 bridgehead atoms. The maximum Gasteiger partial charge on any atom is 0.309 e. The molecule has 2 aromatic carbocycles. The molecule has 0 spiro atoms. The van der Waals surface area contributed by atoms with E-state index in [1.807, 2.05) is 54.3 Å². The van der Waals surface area contributed by atoms with Gasteiger partial charge in [-0.15, -0.1) is 0 Å². The number of carbonyl (C=O) groups is 2. The number of benzene rings is 2. The lowest BCUT2D eigenvalue weighted by atomic mass is 9.87. The van der Waals surface area contributed by atoms with Crippen molar-refractivity contribution in [1.29, 1.82) is 0 Å². The first-order chi connectivity index (χ1) is 14.1. The first-order valence-corrected chi connectivity index (χ1v) is 10.3. The van der Waals surface area contributed by atoms with E-state index < -0.39 is 0 Å². The number of likely N-dealkylation sites (tertiary alicyclic amines) is 1. The van der Waals surface area contributed by atoms with Gasteiger partial charge in [-0.05, 0) is 43.0 Å². The molecule has 1 atom stereocenters. The largest absolute Gasteiger partial charge is 0.497 e. The van der Waals surface area contributed by atoms with Gasteiger partial charge in [-0.1, -0.05) is 42.5 Å². The van der Waals surface area contributed by atoms with Crippen LogP contribution in [-0.2, 0) is 14.3 Å². The number of amides is 1. The molecule has 0 N–H and O–H groups in total. The number of hydrogen-bond acceptors (Lipinski definition) is 4. The number of methoxy groups -OCH3 is 1. The van der Waals surface area contributed by atoms with Gasteiger partial charge < -0.3 is 14.4 Å². The first kappa shape index (κ1) is 20.9. The zero-order chi connectivity index (χ0) is 20.6. The minimum atomic E-state index is -0.139. The molecule has 2 aromatic rings. The minimum absolute atomic E-state index is 0.0163. The Morgan fingerprint density at radius 1 is 1.00 bits per heavy atom. The number of rotatable bonds is 7. The molecule has 1 aliphatic heterocycles. The third kappa shape index (κ3) is 5.37. The van der Waals surface area contributed by atoms with Crippen molar-refractivity contribution >= 4 is 11.9 Å². The number of esters is 1. The van der Waals surface area contributed by atoms with Crippen molar-refractivity contribution in [3.63, 3.8) is 0 Å². The van der Waals surface area contributed by atoms with E-state index in [2.05, 4.69) is 12.1 Å². The van der Waals surface area contributed by atoms with E-state index in [9.17, 15) is 9.59 Å². The summed E-state index contributed by atoms with van der Waals surface area (Å²) in [5.74, 6) is 0.674. The van der Waals surface area contributed by atoms with Crippen LogP contribution in [0.25, 0.3) is 0 Å². The third-order valence-corrected chi connectivity index (χ3v) is 5.57. The maximum atomic E-state index is 13.1. The lowest BCUT2D eigenvalue weighted by molar-refractivity contribution is -0.151. The number of ether oxygens (including phenoxy) is 2. The Labute approximate surface area is 172 Å². The topological polar surface area (TPSA) is 55.8 Å². The second-order valence-corrected chi connectivity index (χ2v) is 7.35. The summed E-state index contributed by atoms with van der Waals surface area (Å²) < 4.78 is 10.4. The average Bonchev–Trinajstić information content (AvgIpc) is 2.78. The van der Waals surface area contributed by atoms with E-state index >= 15 is 0 Å². The Balaban J connectivity index is 1.69. The lowest BCUT2D eigenvalue weighted by Crippen LogP contribution is -2.41. The summed E-state index contributed by atoms with van der Waals surface area (Å²) >= 11 is 0. The van der Waals surface area contributed by atoms with Crippen molar-refractivity contribution < 1.29 is 19.1 Å². The Morgan fingerprint density at radius 2 is 1.62 bits per heavy atom. The van der Waals surface area contributed by atoms with Crippen LogP contribution in [0.5, 0.6) is 5.75 Å². The molecule has 0 aromatic heterocycles. The Hall–Kier alpha value is -2.82. The fourth-order valence-electron chi connectivity index (χ4n) is 3.88. The summed E-state index contributed by atoms with van der Waals surface area (Å²) in [4.78, 5) is 26.9. The highest BCUT2D eigenvalue weighted by Crippen LogP contribution is 2.31. The Kier molecular flexibility index (Phi) is 7.28. The number of hydrogen-bond donors (Lipinski definition) is 0. The summed E-state index contributed by atoms with van der Waals surface area (Å²) in [6.07, 6.45) is 1.74. The van der Waals surface area contributed by atoms with Gasteiger partial charge in [-0.2, -0.15) is 0 Å². The van der Waals surface area contributed by atoms with Crippen molar-refractivity contribution in [2.24, 2.45) is 5.92 Å². The molecule has 154 valence electrons. The Bertz CT molecular complexity index is 795. The molecule has 5 heteroatoms. The van der Waals surface area contributed by atoms with E-state index in [4.69, 9.17) is 9.47 Å². The van der Waals surface area contributed by atoms with Crippen LogP contribution in [0.3, 0.4) is 0 Å². The smallest absolute Gasteiger partial charge is 0.309 e. The highest BCUT2D eigenvalue weighted by molar-refractivity contribution is 5.78. The molecule has 5 nitrogen and oxygen atoms in total. The van der Waals surface area contributed by atoms with Gasteiger partial charge >= 0.3 is 5.97 Å². The van der Waals surface area contributed by atoms with Gasteiger partial charge in [-0.25, -0.2) is 0 Å². The fourth-order valence-corrected chi connectivity index (χ4v) is 3.88. The second-order valence-electron chi connectivity index (χ2n) is 7.35. The molecular weight excluding hydrogens is 366 g/mol. The van der Waals surface area contributed by atoms with Crippen LogP contribution < -0.4 is 4.74 Å². The predicted octanol–water partition coefficient (Wildman–Crippen LogP) is 4.02. The van der Waals surface area contributed by atoms with Gasteiger partial charge in [-0.3, -0.25) is 9.59 Å². The van der Waals surface area contributed by atoms with Crippen molar-refractivity contribution in [3.05, 3.63) is 65.7 Å². The number of nitrogens with zero attached hydrogens (tertiary/aromatic N) is 1. The zero-order valence-corrected chi connectivity index (χ0v) is 17.2. The van der Waals surface area contributed by atoms with Crippen molar-refractivity contribution in [2.45, 2.75) is 32.1 Å². The third-order valence-electron chi connectivity index (χ3n) is 5.57. The first-order valence-electron chi connectivity index (χ1n) is 10.3. The normalized spacial score (nSPS) is 15.6. The summed E-state index contributed by atoms with van der Waals surface area (Å²) in [7, 11) is 1.65. The van der Waals surface area contributed by atoms with Crippen LogP contribution in [0, 0.1) is 5.92 Å². The SMILES string of the molecule is CCOC(=O)C1CCN(C(=O)CC(c2ccccc2)c2ccc(OC)cc2)CC1. The van der Waals surface area contributed by atoms with Crippen molar-refractivity contribution in [3.8, 4) is 5.75 Å². The summed E-state index contributed by atoms with van der Waals surface area (Å²) in [5, 5.41) is 0. The zero-order valence-electron chi connectivity index (χ0n) is 17.2. The molecule has 1 aliphatic rings. The Morgan fingerprint density at radius 3 is 2.21 bits per heavy atom. The fraction of sp³-hybridized carbons (Fsp3) is 0.417. The molecule has 0 aliphatic carbocycles. The molecule has 1 heterocycles. The van der Waals surface area contributed by atoms with E-state index in [0.717, 1.165) is 16.9 Å². The maximum absolute atomic E-state index is 13.1. The van der Waals surface area contributed by atoms with Crippen LogP contribution in [0.4, 0.5) is 0 Å². The van der Waals surface area contributed by atoms with Crippen LogP contribution >= 0.6 is 0 Å². The van der Waals surface area contributed by atoms with Gasteiger partial charge in [0.25, 0.3) is 0 Å². The average molecular weight is 395 g/mol. The quantitative estimate of drug-likeness (QED) is 0.665. The molecule has 3 rings (SSSR count). The van der Waals surface area contributed by atoms with Crippen molar-refractivity contribution in [1.82, 2.24) is 4.90 Å². The van der Waals surface area contributed by atoms with Crippen LogP contribution in [0.15, 0.2) is 54.6 Å². The number of piperidine rings is 1. The predicted molar refractivity (Wildman–Crippen MR) is 112 cm³/mol. The minimum Gasteiger partial charge on any atom is -0.497 e. The molecule has 29 heavy (non-hydrogen) atoms. The van der Waals surface area contributed by atoms with Gasteiger partial charge in [0.2, 0.25) is 5.91 Å². The van der Waals surface area contributed by atoms with E-state index in [0.29, 0.717) is 39.0 Å². The molecule has 1 unspecified atom stereocenters. The van der Waals surface area contributed by atoms with E-state index in [1.165, 1.54) is 0 Å². The van der Waals surface area contributed by atoms with Gasteiger partial charge in [0.15, 0.2) is 0 Å². The molecular formula is C24H29NO4. The monoisotopic (exact) mass is 395 g/mol. The van der Waals surface area contributed by atoms with E-state index in [1.54, 1.807) is 7.11 Å². The summed E-state index contributed by atoms with van der Waals surface area (Å²) in [5.41, 5.74) is 2.21. The summed E-state index contributed by atoms with van der Waals surface area (Å²) in [6, 6.07) is 18.0. The summed E-state index contributed by atoms with van der Waals surface area (Å²) in [6.45, 7) is 3.43. The molecule has 0 saturated carbocycles. The second kappa shape index (κ2) is 10.1. The lowest BCUT2D eigenvalue weighted by Gasteiger charge is -2.32. The highest BCUT2D eigenvalue weighted by Gasteiger charge is 2.29. The van der Waals surface area contributed by atoms with Gasteiger partial charge in [0.05, 0.1) is 19.6 Å². The molecule has 1 saturated heterocycles. The molecule has 0 radical (unpaired) electrons. The van der Waals surface area contributed by atoms with E-state index in [-0.39, 0.29) is 23.7 Å². The number of carbonyl (C=O) groups excluding carboxylic acids is 2. The van der Waals surface area contributed by atoms with Crippen molar-refractivity contribution in [2.75, 3.05) is 26.8 Å². The molecule has 1 amide bonds. The molecule has 1 fully saturated rings.